The van der Waals surface area contributed by atoms with E-state index < -0.39 is 30.1 Å². The van der Waals surface area contributed by atoms with E-state index in [0.717, 1.165) is 48.8 Å². The molecule has 3 heterocycles. The zero-order chi connectivity index (χ0) is 23.0. The predicted octanol–water partition coefficient (Wildman–Crippen LogP) is 4.55. The number of rotatable bonds is 4. The summed E-state index contributed by atoms with van der Waals surface area (Å²) < 4.78 is 45.3. The fourth-order valence-electron chi connectivity index (χ4n) is 3.75. The molecule has 6 nitrogen and oxygen atoms in total. The first-order valence-corrected chi connectivity index (χ1v) is 10.9. The number of esters is 1. The van der Waals surface area contributed by atoms with E-state index in [1.807, 2.05) is 0 Å². The van der Waals surface area contributed by atoms with E-state index in [0.29, 0.717) is 34.6 Å². The van der Waals surface area contributed by atoms with Crippen LogP contribution in [-0.4, -0.2) is 27.9 Å². The summed E-state index contributed by atoms with van der Waals surface area (Å²) in [5, 5.41) is 0.358. The summed E-state index contributed by atoms with van der Waals surface area (Å²) in [7, 11) is 0. The van der Waals surface area contributed by atoms with Crippen molar-refractivity contribution in [2.45, 2.75) is 45.3 Å². The normalized spacial score (nSPS) is 14.1. The van der Waals surface area contributed by atoms with Crippen molar-refractivity contribution in [3.05, 3.63) is 62.0 Å². The molecule has 10 heteroatoms. The number of aryl methyl sites for hydroxylation is 2. The number of aromatic nitrogens is 2. The quantitative estimate of drug-likeness (QED) is 0.418. The Bertz CT molecular complexity index is 1280. The molecule has 1 aliphatic rings. The maximum atomic E-state index is 13.0. The number of hydrogen-bond donors (Lipinski definition) is 0. The maximum absolute atomic E-state index is 13.0. The number of ether oxygens (including phenoxy) is 1. The molecule has 0 N–H and O–H groups in total. The van der Waals surface area contributed by atoms with Crippen LogP contribution in [-0.2, 0) is 23.9 Å². The Hall–Kier alpha value is -3.01. The minimum Gasteiger partial charge on any atom is -0.453 e. The van der Waals surface area contributed by atoms with Gasteiger partial charge < -0.3 is 4.74 Å². The molecular formula is C22H19F3N2O4S. The average Bonchev–Trinajstić information content (AvgIpc) is 2.92. The highest BCUT2D eigenvalue weighted by atomic mass is 32.1. The molecule has 0 bridgehead atoms. The summed E-state index contributed by atoms with van der Waals surface area (Å²) in [5.74, 6) is -0.876. The van der Waals surface area contributed by atoms with Crippen molar-refractivity contribution >= 4 is 33.3 Å². The van der Waals surface area contributed by atoms with Gasteiger partial charge in [-0.05, 0) is 37.5 Å². The first-order valence-electron chi connectivity index (χ1n) is 10.1. The molecule has 0 radical (unpaired) electrons. The molecule has 0 fully saturated rings. The van der Waals surface area contributed by atoms with Gasteiger partial charge in [0.1, 0.15) is 15.5 Å². The predicted molar refractivity (Wildman–Crippen MR) is 112 cm³/mol. The van der Waals surface area contributed by atoms with Crippen molar-refractivity contribution in [3.63, 3.8) is 0 Å². The third-order valence-corrected chi connectivity index (χ3v) is 6.61. The molecule has 4 rings (SSSR count). The lowest BCUT2D eigenvalue weighted by molar-refractivity contribution is -0.137. The van der Waals surface area contributed by atoms with E-state index in [4.69, 9.17) is 4.74 Å². The molecule has 168 valence electrons. The largest absolute Gasteiger partial charge is 0.453 e. The molecule has 0 amide bonds. The van der Waals surface area contributed by atoms with Crippen LogP contribution < -0.4 is 5.56 Å². The standard InChI is InChI=1S/C22H19F3N2O4S/c1-12-17-19(26-16-8-3-2-4-9-27(16)20(17)29)32-18(12)21(30)31-11-15(28)13-6-5-7-14(10-13)22(23,24)25/h5-7,10H,2-4,8-9,11H2,1H3. The molecule has 0 saturated carbocycles. The van der Waals surface area contributed by atoms with Gasteiger partial charge in [-0.1, -0.05) is 18.6 Å². The monoisotopic (exact) mass is 464 g/mol. The molecule has 3 aromatic rings. The number of thiophene rings is 1. The van der Waals surface area contributed by atoms with E-state index in [1.165, 1.54) is 6.07 Å². The Kier molecular flexibility index (Phi) is 5.89. The number of hydrogen-bond acceptors (Lipinski definition) is 6. The highest BCUT2D eigenvalue weighted by Crippen LogP contribution is 2.30. The van der Waals surface area contributed by atoms with E-state index in [-0.39, 0.29) is 16.0 Å². The summed E-state index contributed by atoms with van der Waals surface area (Å²) in [6.07, 6.45) is -1.05. The van der Waals surface area contributed by atoms with Crippen molar-refractivity contribution < 1.29 is 27.5 Å². The molecule has 0 spiro atoms. The lowest BCUT2D eigenvalue weighted by Crippen LogP contribution is -2.24. The second-order valence-corrected chi connectivity index (χ2v) is 8.61. The first-order chi connectivity index (χ1) is 15.2. The van der Waals surface area contributed by atoms with E-state index in [1.54, 1.807) is 11.5 Å². The lowest BCUT2D eigenvalue weighted by atomic mass is 10.1. The van der Waals surface area contributed by atoms with Gasteiger partial charge in [0.15, 0.2) is 12.4 Å². The minimum absolute atomic E-state index is 0.155. The van der Waals surface area contributed by atoms with Gasteiger partial charge in [-0.2, -0.15) is 13.2 Å². The second kappa shape index (κ2) is 8.50. The Morgan fingerprint density at radius 1 is 1.22 bits per heavy atom. The Morgan fingerprint density at radius 2 is 2.00 bits per heavy atom. The highest BCUT2D eigenvalue weighted by molar-refractivity contribution is 7.20. The smallest absolute Gasteiger partial charge is 0.416 e. The third kappa shape index (κ3) is 4.19. The molecule has 0 unspecified atom stereocenters. The molecule has 0 saturated heterocycles. The van der Waals surface area contributed by atoms with Gasteiger partial charge in [-0.15, -0.1) is 11.3 Å². The van der Waals surface area contributed by atoms with Gasteiger partial charge in [-0.25, -0.2) is 9.78 Å². The SMILES string of the molecule is Cc1c(C(=O)OCC(=O)c2cccc(C(F)(F)F)c2)sc2nc3n(c(=O)c12)CCCCC3. The van der Waals surface area contributed by atoms with Crippen LogP contribution in [0.4, 0.5) is 13.2 Å². The second-order valence-electron chi connectivity index (χ2n) is 7.61. The van der Waals surface area contributed by atoms with Crippen LogP contribution >= 0.6 is 11.3 Å². The molecule has 2 aromatic heterocycles. The summed E-state index contributed by atoms with van der Waals surface area (Å²) in [6, 6.07) is 3.93. The van der Waals surface area contributed by atoms with Crippen LogP contribution in [0.2, 0.25) is 0 Å². The molecule has 32 heavy (non-hydrogen) atoms. The average molecular weight is 464 g/mol. The van der Waals surface area contributed by atoms with Gasteiger partial charge in [0.2, 0.25) is 0 Å². The van der Waals surface area contributed by atoms with Crippen LogP contribution in [0, 0.1) is 6.92 Å². The summed E-state index contributed by atoms with van der Waals surface area (Å²) in [5.41, 5.74) is -0.927. The van der Waals surface area contributed by atoms with Crippen LogP contribution in [0.25, 0.3) is 10.2 Å². The summed E-state index contributed by atoms with van der Waals surface area (Å²) in [6.45, 7) is 1.49. The lowest BCUT2D eigenvalue weighted by Gasteiger charge is -2.08. The first kappa shape index (κ1) is 22.2. The van der Waals surface area contributed by atoms with Crippen molar-refractivity contribution in [2.24, 2.45) is 0 Å². The zero-order valence-corrected chi connectivity index (χ0v) is 17.9. The number of carbonyl (C=O) groups excluding carboxylic acids is 2. The van der Waals surface area contributed by atoms with Crippen LogP contribution in [0.3, 0.4) is 0 Å². The van der Waals surface area contributed by atoms with Gasteiger partial charge in [0, 0.05) is 18.5 Å². The molecule has 0 aliphatic carbocycles. The fraction of sp³-hybridized carbons (Fsp3) is 0.364. The molecule has 1 aromatic carbocycles. The van der Waals surface area contributed by atoms with Crippen LogP contribution in [0.1, 0.15) is 56.2 Å². The number of halogens is 3. The number of fused-ring (bicyclic) bond motifs is 2. The van der Waals surface area contributed by atoms with Crippen LogP contribution in [0.5, 0.6) is 0 Å². The van der Waals surface area contributed by atoms with E-state index in [2.05, 4.69) is 4.98 Å². The van der Waals surface area contributed by atoms with Crippen molar-refractivity contribution in [1.29, 1.82) is 0 Å². The number of carbonyl (C=O) groups is 2. The van der Waals surface area contributed by atoms with Crippen molar-refractivity contribution in [1.82, 2.24) is 9.55 Å². The van der Waals surface area contributed by atoms with E-state index in [9.17, 15) is 27.6 Å². The topological polar surface area (TPSA) is 78.3 Å². The number of Topliss-reactive ketones (excluding diaryl/α,β-unsaturated/α-hetero) is 1. The number of ketones is 1. The maximum Gasteiger partial charge on any atom is 0.416 e. The van der Waals surface area contributed by atoms with Crippen molar-refractivity contribution in [2.75, 3.05) is 6.61 Å². The van der Waals surface area contributed by atoms with Gasteiger partial charge in [0.05, 0.1) is 10.9 Å². The highest BCUT2D eigenvalue weighted by Gasteiger charge is 2.31. The number of alkyl halides is 3. The third-order valence-electron chi connectivity index (χ3n) is 5.44. The Morgan fingerprint density at radius 3 is 2.75 bits per heavy atom. The Balaban J connectivity index is 1.56. The van der Waals surface area contributed by atoms with Gasteiger partial charge in [-0.3, -0.25) is 14.2 Å². The van der Waals surface area contributed by atoms with Crippen molar-refractivity contribution in [3.8, 4) is 0 Å². The van der Waals surface area contributed by atoms with E-state index >= 15 is 0 Å². The summed E-state index contributed by atoms with van der Waals surface area (Å²) in [4.78, 5) is 43.0. The molecular weight excluding hydrogens is 445 g/mol. The zero-order valence-electron chi connectivity index (χ0n) is 17.1. The van der Waals surface area contributed by atoms with Crippen LogP contribution in [0.15, 0.2) is 29.1 Å². The Labute approximate surface area is 184 Å². The van der Waals surface area contributed by atoms with Gasteiger partial charge >= 0.3 is 12.1 Å². The fourth-order valence-corrected chi connectivity index (χ4v) is 4.84. The summed E-state index contributed by atoms with van der Waals surface area (Å²) >= 11 is 1.02. The molecule has 1 aliphatic heterocycles. The molecule has 0 atom stereocenters. The minimum atomic E-state index is -4.58. The number of nitrogens with zero attached hydrogens (tertiary/aromatic N) is 2. The number of benzene rings is 1. The van der Waals surface area contributed by atoms with Gasteiger partial charge in [0.25, 0.3) is 5.56 Å².